The Morgan fingerprint density at radius 1 is 0.316 bits per heavy atom. The third-order valence-electron chi connectivity index (χ3n) is 10.4. The summed E-state index contributed by atoms with van der Waals surface area (Å²) in [5, 5.41) is 0. The standard InChI is InChI=1S/C47H50O8P2/c1-31-11-19-43(27-35(31)5)52-56(48,53-44-20-12-32(2)36(6)28-44)50-41-23-15-39(16-24-41)47(9,10)40-17-25-42(26-18-40)51-57(49,54-45-21-13-33(3)37(7)29-45)55-46-22-14-34(4)38(8)30-46/h11-30H,1-10H3. The first-order valence-corrected chi connectivity index (χ1v) is 21.7. The first-order chi connectivity index (χ1) is 26.9. The van der Waals surface area contributed by atoms with Gasteiger partial charge in [0.25, 0.3) is 0 Å². The molecule has 0 fully saturated rings. The third-order valence-corrected chi connectivity index (χ3v) is 13.0. The van der Waals surface area contributed by atoms with Crippen LogP contribution in [0.4, 0.5) is 0 Å². The van der Waals surface area contributed by atoms with Crippen molar-refractivity contribution < 1.29 is 36.3 Å². The number of phosphoric acid groups is 2. The van der Waals surface area contributed by atoms with Gasteiger partial charge in [-0.1, -0.05) is 62.4 Å². The predicted molar refractivity (Wildman–Crippen MR) is 228 cm³/mol. The molecule has 296 valence electrons. The van der Waals surface area contributed by atoms with Gasteiger partial charge in [0.05, 0.1) is 0 Å². The largest absolute Gasteiger partial charge is 0.647 e. The zero-order valence-corrected chi connectivity index (χ0v) is 36.0. The number of rotatable bonds is 14. The van der Waals surface area contributed by atoms with Gasteiger partial charge in [0.15, 0.2) is 0 Å². The van der Waals surface area contributed by atoms with Gasteiger partial charge < -0.3 is 27.1 Å². The molecule has 0 unspecified atom stereocenters. The smallest absolute Gasteiger partial charge is 0.386 e. The van der Waals surface area contributed by atoms with Crippen molar-refractivity contribution in [3.8, 4) is 34.5 Å². The van der Waals surface area contributed by atoms with Gasteiger partial charge in [0.1, 0.15) is 34.5 Å². The zero-order chi connectivity index (χ0) is 41.1. The van der Waals surface area contributed by atoms with Gasteiger partial charge in [0.2, 0.25) is 0 Å². The van der Waals surface area contributed by atoms with Gasteiger partial charge in [-0.2, -0.15) is 9.13 Å². The van der Waals surface area contributed by atoms with Gasteiger partial charge in [-0.05, 0) is 184 Å². The highest BCUT2D eigenvalue weighted by atomic mass is 31.2. The molecule has 0 radical (unpaired) electrons. The molecule has 0 saturated heterocycles. The quantitative estimate of drug-likeness (QED) is 0.101. The predicted octanol–water partition coefficient (Wildman–Crippen LogP) is 13.8. The Hall–Kier alpha value is -5.42. The molecule has 10 heteroatoms. The van der Waals surface area contributed by atoms with Crippen molar-refractivity contribution in [1.29, 1.82) is 0 Å². The van der Waals surface area contributed by atoms with Crippen LogP contribution in [0.3, 0.4) is 0 Å². The van der Waals surface area contributed by atoms with Crippen molar-refractivity contribution in [3.63, 3.8) is 0 Å². The number of benzene rings is 6. The van der Waals surface area contributed by atoms with Crippen LogP contribution in [-0.4, -0.2) is 0 Å². The van der Waals surface area contributed by atoms with E-state index in [1.54, 1.807) is 48.5 Å². The minimum Gasteiger partial charge on any atom is -0.386 e. The molecule has 57 heavy (non-hydrogen) atoms. The molecule has 0 aliphatic rings. The van der Waals surface area contributed by atoms with Crippen LogP contribution in [0.15, 0.2) is 121 Å². The molecule has 0 N–H and O–H groups in total. The number of hydrogen-bond donors (Lipinski definition) is 0. The first-order valence-electron chi connectivity index (χ1n) is 18.8. The second kappa shape index (κ2) is 16.6. The highest BCUT2D eigenvalue weighted by Gasteiger charge is 2.35. The molecule has 0 heterocycles. The lowest BCUT2D eigenvalue weighted by atomic mass is 9.78. The van der Waals surface area contributed by atoms with E-state index in [4.69, 9.17) is 27.1 Å². The molecule has 8 nitrogen and oxygen atoms in total. The van der Waals surface area contributed by atoms with Gasteiger partial charge in [-0.15, -0.1) is 0 Å². The molecule has 0 aliphatic carbocycles. The van der Waals surface area contributed by atoms with Crippen molar-refractivity contribution in [3.05, 3.63) is 177 Å². The maximum atomic E-state index is 14.3. The van der Waals surface area contributed by atoms with Crippen LogP contribution in [0.25, 0.3) is 0 Å². The second-order valence-electron chi connectivity index (χ2n) is 15.1. The summed E-state index contributed by atoms with van der Waals surface area (Å²) in [5.74, 6) is 2.14. The average Bonchev–Trinajstić information content (AvgIpc) is 3.15. The van der Waals surface area contributed by atoms with Crippen LogP contribution >= 0.6 is 15.6 Å². The lowest BCUT2D eigenvalue weighted by Crippen LogP contribution is -2.18. The molecule has 6 aromatic rings. The van der Waals surface area contributed by atoms with Crippen LogP contribution in [-0.2, 0) is 14.5 Å². The van der Waals surface area contributed by atoms with E-state index in [1.165, 1.54) is 0 Å². The maximum absolute atomic E-state index is 14.3. The van der Waals surface area contributed by atoms with Crippen LogP contribution in [0.1, 0.15) is 69.5 Å². The highest BCUT2D eigenvalue weighted by molar-refractivity contribution is 7.50. The second-order valence-corrected chi connectivity index (χ2v) is 18.0. The molecule has 6 aromatic carbocycles. The molecule has 0 saturated carbocycles. The monoisotopic (exact) mass is 804 g/mol. The van der Waals surface area contributed by atoms with Crippen molar-refractivity contribution in [2.75, 3.05) is 0 Å². The minimum atomic E-state index is -4.20. The molecule has 0 aliphatic heterocycles. The fourth-order valence-electron chi connectivity index (χ4n) is 6.00. The Bertz CT molecular complexity index is 2200. The van der Waals surface area contributed by atoms with Gasteiger partial charge in [-0.25, -0.2) is 0 Å². The van der Waals surface area contributed by atoms with E-state index in [0.29, 0.717) is 34.5 Å². The fourth-order valence-corrected chi connectivity index (χ4v) is 8.47. The van der Waals surface area contributed by atoms with E-state index in [9.17, 15) is 9.13 Å². The summed E-state index contributed by atoms with van der Waals surface area (Å²) in [6.07, 6.45) is 0. The van der Waals surface area contributed by atoms with Crippen molar-refractivity contribution >= 4 is 15.6 Å². The van der Waals surface area contributed by atoms with Crippen molar-refractivity contribution in [1.82, 2.24) is 0 Å². The number of aryl methyl sites for hydroxylation is 8. The lowest BCUT2D eigenvalue weighted by Gasteiger charge is -2.27. The zero-order valence-electron chi connectivity index (χ0n) is 34.2. The summed E-state index contributed by atoms with van der Waals surface area (Å²) in [5.41, 5.74) is 9.72. The topological polar surface area (TPSA) is 89.5 Å². The van der Waals surface area contributed by atoms with Gasteiger partial charge in [-0.3, -0.25) is 0 Å². The lowest BCUT2D eigenvalue weighted by molar-refractivity contribution is 0.296. The summed E-state index contributed by atoms with van der Waals surface area (Å²) in [7, 11) is -8.41. The summed E-state index contributed by atoms with van der Waals surface area (Å²) in [6.45, 7) is 20.0. The van der Waals surface area contributed by atoms with E-state index < -0.39 is 21.1 Å². The Kier molecular flexibility index (Phi) is 12.0. The average molecular weight is 805 g/mol. The third kappa shape index (κ3) is 10.1. The summed E-state index contributed by atoms with van der Waals surface area (Å²) in [6, 6.07) is 36.5. The van der Waals surface area contributed by atoms with E-state index in [-0.39, 0.29) is 0 Å². The first kappa shape index (κ1) is 41.2. The summed E-state index contributed by atoms with van der Waals surface area (Å²) < 4.78 is 64.6. The Morgan fingerprint density at radius 2 is 0.526 bits per heavy atom. The highest BCUT2D eigenvalue weighted by Crippen LogP contribution is 2.52. The van der Waals surface area contributed by atoms with Gasteiger partial charge in [0, 0.05) is 5.41 Å². The minimum absolute atomic E-state index is 0.317. The number of hydrogen-bond acceptors (Lipinski definition) is 8. The van der Waals surface area contributed by atoms with Crippen molar-refractivity contribution in [2.45, 2.75) is 74.7 Å². The number of phosphoric ester groups is 2. The molecule has 6 rings (SSSR count). The van der Waals surface area contributed by atoms with Gasteiger partial charge >= 0.3 is 15.6 Å². The van der Waals surface area contributed by atoms with E-state index in [0.717, 1.165) is 55.6 Å². The van der Waals surface area contributed by atoms with Crippen LogP contribution in [0.5, 0.6) is 34.5 Å². The van der Waals surface area contributed by atoms with Crippen LogP contribution in [0, 0.1) is 55.4 Å². The summed E-state index contributed by atoms with van der Waals surface area (Å²) in [4.78, 5) is 0. The van der Waals surface area contributed by atoms with Crippen LogP contribution < -0.4 is 27.1 Å². The molecule has 0 atom stereocenters. The molecule has 0 amide bonds. The summed E-state index contributed by atoms with van der Waals surface area (Å²) >= 11 is 0. The van der Waals surface area contributed by atoms with Crippen molar-refractivity contribution in [2.24, 2.45) is 0 Å². The Balaban J connectivity index is 1.21. The SMILES string of the molecule is Cc1ccc(OP(=O)(Oc2ccc(C(C)(C)c3ccc(OP(=O)(Oc4ccc(C)c(C)c4)Oc4ccc(C)c(C)c4)cc3)cc2)Oc2ccc(C)c(C)c2)cc1C. The molecule has 0 bridgehead atoms. The maximum Gasteiger partial charge on any atom is 0.647 e. The normalized spacial score (nSPS) is 11.8. The van der Waals surface area contributed by atoms with E-state index in [1.807, 2.05) is 128 Å². The molecule has 0 aromatic heterocycles. The molecular weight excluding hydrogens is 754 g/mol. The molecular formula is C47H50O8P2. The molecule has 0 spiro atoms. The Morgan fingerprint density at radius 3 is 0.754 bits per heavy atom. The fraction of sp³-hybridized carbons (Fsp3) is 0.234. The van der Waals surface area contributed by atoms with E-state index >= 15 is 0 Å². The Labute approximate surface area is 337 Å². The van der Waals surface area contributed by atoms with E-state index in [2.05, 4.69) is 13.8 Å². The van der Waals surface area contributed by atoms with Crippen LogP contribution in [0.2, 0.25) is 0 Å².